The standard InChI is InChI=1S/C14H11F2N3O/c1-8-2-3-10(15)12(13(8)16)14(20)9-6-18-19-5-4-17-7-11(9)19/h2-7,14,20H,1H3. The fourth-order valence-electron chi connectivity index (χ4n) is 2.15. The normalized spacial score (nSPS) is 12.8. The van der Waals surface area contributed by atoms with Gasteiger partial charge in [0.05, 0.1) is 23.5 Å². The zero-order chi connectivity index (χ0) is 14.3. The molecule has 0 fully saturated rings. The Morgan fingerprint density at radius 1 is 1.25 bits per heavy atom. The van der Waals surface area contributed by atoms with Crippen LogP contribution in [-0.2, 0) is 0 Å². The van der Waals surface area contributed by atoms with E-state index in [1.165, 1.54) is 36.1 Å². The lowest BCUT2D eigenvalue weighted by Gasteiger charge is -2.13. The van der Waals surface area contributed by atoms with E-state index in [1.807, 2.05) is 0 Å². The summed E-state index contributed by atoms with van der Waals surface area (Å²) in [6.45, 7) is 1.52. The molecule has 0 radical (unpaired) electrons. The minimum atomic E-state index is -1.43. The average Bonchev–Trinajstić information content (AvgIpc) is 2.87. The number of nitrogens with zero attached hydrogens (tertiary/aromatic N) is 3. The van der Waals surface area contributed by atoms with Gasteiger partial charge in [-0.1, -0.05) is 6.07 Å². The van der Waals surface area contributed by atoms with Gasteiger partial charge in [-0.25, -0.2) is 13.3 Å². The number of halogens is 2. The fourth-order valence-corrected chi connectivity index (χ4v) is 2.15. The summed E-state index contributed by atoms with van der Waals surface area (Å²) in [5.41, 5.74) is 0.709. The van der Waals surface area contributed by atoms with E-state index < -0.39 is 17.7 Å². The molecule has 102 valence electrons. The van der Waals surface area contributed by atoms with Crippen molar-refractivity contribution in [2.45, 2.75) is 13.0 Å². The Balaban J connectivity index is 2.18. The molecule has 4 nitrogen and oxygen atoms in total. The Morgan fingerprint density at radius 2 is 2.05 bits per heavy atom. The van der Waals surface area contributed by atoms with Gasteiger partial charge in [0.25, 0.3) is 0 Å². The molecule has 3 aromatic rings. The number of fused-ring (bicyclic) bond motifs is 1. The molecule has 0 aliphatic heterocycles. The van der Waals surface area contributed by atoms with Crippen molar-refractivity contribution in [3.8, 4) is 0 Å². The lowest BCUT2D eigenvalue weighted by atomic mass is 10.00. The van der Waals surface area contributed by atoms with Crippen molar-refractivity contribution in [1.29, 1.82) is 0 Å². The van der Waals surface area contributed by atoms with E-state index in [1.54, 1.807) is 6.20 Å². The lowest BCUT2D eigenvalue weighted by Crippen LogP contribution is -2.07. The van der Waals surface area contributed by atoms with Gasteiger partial charge < -0.3 is 5.11 Å². The molecule has 0 bridgehead atoms. The first kappa shape index (κ1) is 12.7. The van der Waals surface area contributed by atoms with Crippen LogP contribution in [0, 0.1) is 18.6 Å². The van der Waals surface area contributed by atoms with Gasteiger partial charge in [0.1, 0.15) is 17.7 Å². The van der Waals surface area contributed by atoms with Gasteiger partial charge in [0.2, 0.25) is 0 Å². The third kappa shape index (κ3) is 1.85. The Bertz CT molecular complexity index is 785. The van der Waals surface area contributed by atoms with Gasteiger partial charge in [-0.05, 0) is 18.6 Å². The number of aliphatic hydroxyl groups excluding tert-OH is 1. The highest BCUT2D eigenvalue weighted by Gasteiger charge is 2.23. The Labute approximate surface area is 113 Å². The van der Waals surface area contributed by atoms with E-state index in [2.05, 4.69) is 10.1 Å². The summed E-state index contributed by atoms with van der Waals surface area (Å²) in [5, 5.41) is 14.3. The van der Waals surface area contributed by atoms with Crippen molar-refractivity contribution in [3.05, 3.63) is 65.2 Å². The second-order valence-corrected chi connectivity index (χ2v) is 4.50. The number of benzene rings is 1. The smallest absolute Gasteiger partial charge is 0.135 e. The zero-order valence-corrected chi connectivity index (χ0v) is 10.6. The summed E-state index contributed by atoms with van der Waals surface area (Å²) in [5.74, 6) is -1.54. The molecule has 1 unspecified atom stereocenters. The van der Waals surface area contributed by atoms with Crippen molar-refractivity contribution >= 4 is 5.52 Å². The van der Waals surface area contributed by atoms with E-state index in [0.29, 0.717) is 11.1 Å². The number of hydrogen-bond donors (Lipinski definition) is 1. The SMILES string of the molecule is Cc1ccc(F)c(C(O)c2cnn3ccncc23)c1F. The molecule has 1 atom stereocenters. The first-order valence-corrected chi connectivity index (χ1v) is 5.99. The summed E-state index contributed by atoms with van der Waals surface area (Å²) in [4.78, 5) is 3.92. The number of aromatic nitrogens is 3. The summed E-state index contributed by atoms with van der Waals surface area (Å²) in [6.07, 6.45) is 4.55. The van der Waals surface area contributed by atoms with Crippen LogP contribution in [0.15, 0.2) is 36.9 Å². The maximum absolute atomic E-state index is 14.1. The van der Waals surface area contributed by atoms with Gasteiger partial charge in [0, 0.05) is 18.0 Å². The molecule has 1 N–H and O–H groups in total. The van der Waals surface area contributed by atoms with Crippen LogP contribution < -0.4 is 0 Å². The molecule has 0 saturated carbocycles. The molecule has 6 heteroatoms. The molecule has 0 amide bonds. The first-order chi connectivity index (χ1) is 9.59. The molecule has 0 aliphatic rings. The van der Waals surface area contributed by atoms with Gasteiger partial charge in [-0.2, -0.15) is 5.10 Å². The van der Waals surface area contributed by atoms with Crippen LogP contribution in [0.25, 0.3) is 5.52 Å². The highest BCUT2D eigenvalue weighted by molar-refractivity contribution is 5.55. The monoisotopic (exact) mass is 275 g/mol. The van der Waals surface area contributed by atoms with Crippen molar-refractivity contribution in [2.75, 3.05) is 0 Å². The first-order valence-electron chi connectivity index (χ1n) is 5.99. The quantitative estimate of drug-likeness (QED) is 0.781. The van der Waals surface area contributed by atoms with Crippen LogP contribution in [0.5, 0.6) is 0 Å². The second kappa shape index (κ2) is 4.64. The summed E-state index contributed by atoms with van der Waals surface area (Å²) >= 11 is 0. The molecule has 1 aromatic carbocycles. The summed E-state index contributed by atoms with van der Waals surface area (Å²) in [7, 11) is 0. The van der Waals surface area contributed by atoms with Crippen LogP contribution in [0.2, 0.25) is 0 Å². The highest BCUT2D eigenvalue weighted by Crippen LogP contribution is 2.30. The molecule has 3 rings (SSSR count). The molecule has 0 saturated heterocycles. The van der Waals surface area contributed by atoms with Crippen LogP contribution in [0.3, 0.4) is 0 Å². The van der Waals surface area contributed by atoms with Gasteiger partial charge in [-0.3, -0.25) is 4.98 Å². The zero-order valence-electron chi connectivity index (χ0n) is 10.6. The minimum absolute atomic E-state index is 0.273. The van der Waals surface area contributed by atoms with Gasteiger partial charge in [0.15, 0.2) is 0 Å². The van der Waals surface area contributed by atoms with Crippen LogP contribution in [0.4, 0.5) is 8.78 Å². The van der Waals surface area contributed by atoms with Crippen molar-refractivity contribution in [2.24, 2.45) is 0 Å². The Kier molecular flexibility index (Phi) is 2.94. The fraction of sp³-hybridized carbons (Fsp3) is 0.143. The third-order valence-corrected chi connectivity index (χ3v) is 3.24. The number of hydrogen-bond acceptors (Lipinski definition) is 3. The van der Waals surface area contributed by atoms with Crippen LogP contribution >= 0.6 is 0 Å². The minimum Gasteiger partial charge on any atom is -0.383 e. The summed E-state index contributed by atoms with van der Waals surface area (Å²) in [6, 6.07) is 2.47. The lowest BCUT2D eigenvalue weighted by molar-refractivity contribution is 0.210. The number of rotatable bonds is 2. The Morgan fingerprint density at radius 3 is 2.85 bits per heavy atom. The maximum atomic E-state index is 14.1. The molecule has 0 spiro atoms. The van der Waals surface area contributed by atoms with E-state index in [4.69, 9.17) is 0 Å². The van der Waals surface area contributed by atoms with Crippen molar-refractivity contribution in [1.82, 2.24) is 14.6 Å². The Hall–Kier alpha value is -2.34. The average molecular weight is 275 g/mol. The third-order valence-electron chi connectivity index (χ3n) is 3.24. The predicted molar refractivity (Wildman–Crippen MR) is 68.1 cm³/mol. The second-order valence-electron chi connectivity index (χ2n) is 4.50. The highest BCUT2D eigenvalue weighted by atomic mass is 19.1. The van der Waals surface area contributed by atoms with E-state index in [0.717, 1.165) is 6.07 Å². The number of aryl methyl sites for hydroxylation is 1. The van der Waals surface area contributed by atoms with Crippen molar-refractivity contribution < 1.29 is 13.9 Å². The van der Waals surface area contributed by atoms with E-state index in [9.17, 15) is 13.9 Å². The van der Waals surface area contributed by atoms with Crippen LogP contribution in [-0.4, -0.2) is 19.7 Å². The largest absolute Gasteiger partial charge is 0.383 e. The van der Waals surface area contributed by atoms with Crippen molar-refractivity contribution in [3.63, 3.8) is 0 Å². The number of aliphatic hydroxyl groups is 1. The van der Waals surface area contributed by atoms with Crippen LogP contribution in [0.1, 0.15) is 22.8 Å². The van der Waals surface area contributed by atoms with Gasteiger partial charge >= 0.3 is 0 Å². The molecule has 2 aromatic heterocycles. The molecular weight excluding hydrogens is 264 g/mol. The van der Waals surface area contributed by atoms with E-state index in [-0.39, 0.29) is 11.1 Å². The van der Waals surface area contributed by atoms with E-state index >= 15 is 0 Å². The molecule has 0 aliphatic carbocycles. The predicted octanol–water partition coefficient (Wildman–Crippen LogP) is 2.40. The van der Waals surface area contributed by atoms with Gasteiger partial charge in [-0.15, -0.1) is 0 Å². The molecule has 2 heterocycles. The molecule has 20 heavy (non-hydrogen) atoms. The summed E-state index contributed by atoms with van der Waals surface area (Å²) < 4.78 is 29.4. The topological polar surface area (TPSA) is 50.4 Å². The molecular formula is C14H11F2N3O. The maximum Gasteiger partial charge on any atom is 0.135 e.